The van der Waals surface area contributed by atoms with Crippen molar-refractivity contribution in [2.24, 2.45) is 0 Å². The second-order valence-electron chi connectivity index (χ2n) is 5.98. The lowest BCUT2D eigenvalue weighted by atomic mass is 10.2. The summed E-state index contributed by atoms with van der Waals surface area (Å²) in [7, 11) is 3.30. The van der Waals surface area contributed by atoms with Gasteiger partial charge < -0.3 is 14.2 Å². The minimum Gasteiger partial charge on any atom is -0.493 e. The van der Waals surface area contributed by atoms with Crippen LogP contribution in [0.2, 0.25) is 0 Å². The lowest BCUT2D eigenvalue weighted by Gasteiger charge is -2.12. The summed E-state index contributed by atoms with van der Waals surface area (Å²) in [6, 6.07) is 15.2. The molecular weight excluding hydrogens is 394 g/mol. The van der Waals surface area contributed by atoms with E-state index in [1.807, 2.05) is 54.6 Å². The van der Waals surface area contributed by atoms with Crippen LogP contribution in [-0.2, 0) is 4.79 Å². The van der Waals surface area contributed by atoms with Gasteiger partial charge in [0.05, 0.1) is 25.2 Å². The Labute approximate surface area is 174 Å². The fraction of sp³-hybridized carbons (Fsp3) is 0.238. The lowest BCUT2D eigenvalue weighted by Crippen LogP contribution is -2.22. The predicted molar refractivity (Wildman–Crippen MR) is 116 cm³/mol. The second-order valence-corrected chi connectivity index (χ2v) is 7.66. The van der Waals surface area contributed by atoms with Crippen molar-refractivity contribution in [3.8, 4) is 17.2 Å². The molecule has 1 fully saturated rings. The third-order valence-electron chi connectivity index (χ3n) is 4.07. The van der Waals surface area contributed by atoms with Crippen molar-refractivity contribution >= 4 is 40.3 Å². The van der Waals surface area contributed by atoms with Crippen LogP contribution in [0.25, 0.3) is 6.08 Å². The van der Waals surface area contributed by atoms with Gasteiger partial charge in [0, 0.05) is 19.0 Å². The highest BCUT2D eigenvalue weighted by atomic mass is 32.2. The maximum absolute atomic E-state index is 12.2. The summed E-state index contributed by atoms with van der Waals surface area (Å²) in [5.74, 6) is 2.06. The van der Waals surface area contributed by atoms with Crippen LogP contribution in [0.4, 0.5) is 0 Å². The molecular formula is C21H21NO4S2. The average Bonchev–Trinajstić information content (AvgIpc) is 2.96. The number of thiocarbonyl (C=S) groups is 1. The van der Waals surface area contributed by atoms with Gasteiger partial charge in [0.2, 0.25) is 0 Å². The highest BCUT2D eigenvalue weighted by molar-refractivity contribution is 8.26. The molecule has 1 saturated heterocycles. The van der Waals surface area contributed by atoms with Crippen molar-refractivity contribution in [2.45, 2.75) is 6.42 Å². The molecule has 0 unspecified atom stereocenters. The number of thioether (sulfide) groups is 1. The molecule has 0 bridgehead atoms. The summed E-state index contributed by atoms with van der Waals surface area (Å²) in [5.41, 5.74) is 0.849. The zero-order valence-corrected chi connectivity index (χ0v) is 17.3. The van der Waals surface area contributed by atoms with Gasteiger partial charge in [-0.25, -0.2) is 0 Å². The number of carbonyl (C=O) groups is 1. The number of hydrogen-bond acceptors (Lipinski definition) is 6. The topological polar surface area (TPSA) is 48.0 Å². The number of hydrogen-bond donors (Lipinski definition) is 0. The summed E-state index contributed by atoms with van der Waals surface area (Å²) in [6.07, 6.45) is 2.53. The Balaban J connectivity index is 1.56. The number of benzene rings is 2. The molecule has 3 rings (SSSR count). The fourth-order valence-corrected chi connectivity index (χ4v) is 3.75. The summed E-state index contributed by atoms with van der Waals surface area (Å²) in [6.45, 7) is 1.01. The lowest BCUT2D eigenvalue weighted by molar-refractivity contribution is -0.121. The fourth-order valence-electron chi connectivity index (χ4n) is 2.58. The van der Waals surface area contributed by atoms with E-state index in [9.17, 15) is 4.79 Å². The Kier molecular flexibility index (Phi) is 6.95. The summed E-state index contributed by atoms with van der Waals surface area (Å²) >= 11 is 6.48. The number of likely N-dealkylation sites (N-methyl/N-ethyl adjacent to an activating group) is 1. The van der Waals surface area contributed by atoms with Crippen LogP contribution in [0.15, 0.2) is 53.4 Å². The van der Waals surface area contributed by atoms with Crippen molar-refractivity contribution in [3.05, 3.63) is 59.0 Å². The molecule has 0 atom stereocenters. The predicted octanol–water partition coefficient (Wildman–Crippen LogP) is 4.37. The molecule has 1 amide bonds. The van der Waals surface area contributed by atoms with E-state index in [4.69, 9.17) is 26.4 Å². The van der Waals surface area contributed by atoms with E-state index in [0.29, 0.717) is 40.4 Å². The van der Waals surface area contributed by atoms with E-state index >= 15 is 0 Å². The number of amides is 1. The highest BCUT2D eigenvalue weighted by Gasteiger charge is 2.28. The molecule has 5 nitrogen and oxygen atoms in total. The van der Waals surface area contributed by atoms with Crippen LogP contribution < -0.4 is 14.2 Å². The number of rotatable bonds is 8. The first-order chi connectivity index (χ1) is 13.6. The summed E-state index contributed by atoms with van der Waals surface area (Å²) in [4.78, 5) is 14.3. The molecule has 0 N–H and O–H groups in total. The quantitative estimate of drug-likeness (QED) is 0.362. The number of para-hydroxylation sites is 3. The van der Waals surface area contributed by atoms with Gasteiger partial charge in [0.25, 0.3) is 5.91 Å². The molecule has 1 aliphatic rings. The first-order valence-corrected chi connectivity index (χ1v) is 10.0. The maximum atomic E-state index is 12.2. The first-order valence-electron chi connectivity index (χ1n) is 8.79. The van der Waals surface area contributed by atoms with Crippen molar-refractivity contribution in [3.63, 3.8) is 0 Å². The van der Waals surface area contributed by atoms with Gasteiger partial charge in [-0.1, -0.05) is 54.3 Å². The molecule has 146 valence electrons. The second kappa shape index (κ2) is 9.61. The Morgan fingerprint density at radius 1 is 1.00 bits per heavy atom. The molecule has 1 aliphatic heterocycles. The molecule has 0 aromatic heterocycles. The molecule has 0 saturated carbocycles. The van der Waals surface area contributed by atoms with Gasteiger partial charge >= 0.3 is 0 Å². The zero-order valence-electron chi connectivity index (χ0n) is 15.7. The average molecular weight is 416 g/mol. The minimum atomic E-state index is -0.0880. The molecule has 1 heterocycles. The van der Waals surface area contributed by atoms with Crippen molar-refractivity contribution in [1.29, 1.82) is 0 Å². The number of ether oxygens (including phenoxy) is 3. The molecule has 2 aromatic carbocycles. The van der Waals surface area contributed by atoms with Crippen LogP contribution in [0, 0.1) is 0 Å². The highest BCUT2D eigenvalue weighted by Crippen LogP contribution is 2.33. The molecule has 0 radical (unpaired) electrons. The third kappa shape index (κ3) is 4.85. The number of nitrogens with zero attached hydrogens (tertiary/aromatic N) is 1. The van der Waals surface area contributed by atoms with E-state index < -0.39 is 0 Å². The molecule has 0 spiro atoms. The third-order valence-corrected chi connectivity index (χ3v) is 5.55. The van der Waals surface area contributed by atoms with Crippen LogP contribution in [0.5, 0.6) is 17.2 Å². The first kappa shape index (κ1) is 20.2. The van der Waals surface area contributed by atoms with Gasteiger partial charge in [-0.2, -0.15) is 0 Å². The molecule has 0 aliphatic carbocycles. The Bertz CT molecular complexity index is 897. The van der Waals surface area contributed by atoms with Gasteiger partial charge in [-0.15, -0.1) is 0 Å². The monoisotopic (exact) mass is 415 g/mol. The van der Waals surface area contributed by atoms with Crippen LogP contribution >= 0.6 is 24.0 Å². The van der Waals surface area contributed by atoms with Crippen molar-refractivity contribution < 1.29 is 19.0 Å². The van der Waals surface area contributed by atoms with Gasteiger partial charge in [-0.05, 0) is 24.3 Å². The van der Waals surface area contributed by atoms with E-state index in [2.05, 4.69) is 0 Å². The molecule has 28 heavy (non-hydrogen) atoms. The summed E-state index contributed by atoms with van der Waals surface area (Å²) < 4.78 is 17.5. The largest absolute Gasteiger partial charge is 0.493 e. The van der Waals surface area contributed by atoms with E-state index in [1.54, 1.807) is 14.2 Å². The SMILES string of the molecule is COc1ccccc1OCCCOc1ccccc1/C=C1\SC(=S)N(C)C1=O. The Morgan fingerprint density at radius 2 is 1.61 bits per heavy atom. The zero-order chi connectivity index (χ0) is 19.9. The number of carbonyl (C=O) groups excluding carboxylic acids is 1. The van der Waals surface area contributed by atoms with E-state index in [-0.39, 0.29) is 5.91 Å². The van der Waals surface area contributed by atoms with Crippen LogP contribution in [-0.4, -0.2) is 42.5 Å². The molecule has 7 heteroatoms. The van der Waals surface area contributed by atoms with Gasteiger partial charge in [-0.3, -0.25) is 9.69 Å². The van der Waals surface area contributed by atoms with Crippen molar-refractivity contribution in [2.75, 3.05) is 27.4 Å². The smallest absolute Gasteiger partial charge is 0.265 e. The van der Waals surface area contributed by atoms with E-state index in [1.165, 1.54) is 16.7 Å². The summed E-state index contributed by atoms with van der Waals surface area (Å²) in [5, 5.41) is 0. The van der Waals surface area contributed by atoms with Crippen LogP contribution in [0.3, 0.4) is 0 Å². The Hall–Kier alpha value is -2.51. The molecule has 2 aromatic rings. The van der Waals surface area contributed by atoms with E-state index in [0.717, 1.165) is 11.3 Å². The van der Waals surface area contributed by atoms with Gasteiger partial charge in [0.15, 0.2) is 11.5 Å². The maximum Gasteiger partial charge on any atom is 0.265 e. The standard InChI is InChI=1S/C21H21NO4S2/c1-22-20(23)19(28-21(22)27)14-15-8-3-4-9-16(15)25-12-7-13-26-18-11-6-5-10-17(18)24-2/h3-6,8-11,14H,7,12-13H2,1-2H3/b19-14-. The normalized spacial score (nSPS) is 15.2. The number of methoxy groups -OCH3 is 1. The minimum absolute atomic E-state index is 0.0880. The Morgan fingerprint density at radius 3 is 2.25 bits per heavy atom. The van der Waals surface area contributed by atoms with Crippen molar-refractivity contribution in [1.82, 2.24) is 4.90 Å². The van der Waals surface area contributed by atoms with Gasteiger partial charge in [0.1, 0.15) is 10.1 Å². The van der Waals surface area contributed by atoms with Crippen LogP contribution in [0.1, 0.15) is 12.0 Å².